The van der Waals surface area contributed by atoms with Crippen LogP contribution in [-0.4, -0.2) is 19.1 Å². The zero-order valence-electron chi connectivity index (χ0n) is 7.62. The summed E-state index contributed by atoms with van der Waals surface area (Å²) in [6, 6.07) is 0. The molecule has 1 fully saturated rings. The van der Waals surface area contributed by atoms with Gasteiger partial charge in [-0.05, 0) is 25.5 Å². The van der Waals surface area contributed by atoms with E-state index in [2.05, 4.69) is 18.9 Å². The molecule has 0 bridgehead atoms. The first kappa shape index (κ1) is 11.6. The monoisotopic (exact) mass is 185 g/mol. The van der Waals surface area contributed by atoms with Crippen molar-refractivity contribution < 1.29 is 14.3 Å². The highest BCUT2D eigenvalue weighted by Gasteiger charge is 2.00. The van der Waals surface area contributed by atoms with Crippen LogP contribution in [-0.2, 0) is 14.3 Å². The van der Waals surface area contributed by atoms with Crippen LogP contribution < -0.4 is 5.73 Å². The smallest absolute Gasteiger partial charge is 0.271 e. The Hall–Kier alpha value is -1.45. The number of carbonyl (C=O) groups excluding carboxylic acids is 1. The van der Waals surface area contributed by atoms with Crippen LogP contribution in [0.3, 0.4) is 0 Å². The summed E-state index contributed by atoms with van der Waals surface area (Å²) >= 11 is 0. The Morgan fingerprint density at radius 3 is 2.08 bits per heavy atom. The molecular formula is C9H15NO3. The van der Waals surface area contributed by atoms with Gasteiger partial charge in [-0.25, -0.2) is 0 Å². The maximum absolute atomic E-state index is 9.47. The summed E-state index contributed by atoms with van der Waals surface area (Å²) in [5.41, 5.74) is 4.53. The second kappa shape index (κ2) is 7.21. The van der Waals surface area contributed by atoms with Crippen LogP contribution in [0.1, 0.15) is 12.8 Å². The molecule has 2 N–H and O–H groups in total. The van der Waals surface area contributed by atoms with Crippen LogP contribution in [0.4, 0.5) is 0 Å². The van der Waals surface area contributed by atoms with Crippen LogP contribution in [0.15, 0.2) is 25.2 Å². The highest BCUT2D eigenvalue weighted by Crippen LogP contribution is 2.05. The minimum Gasteiger partial charge on any atom is -0.466 e. The van der Waals surface area contributed by atoms with Crippen molar-refractivity contribution in [2.45, 2.75) is 12.8 Å². The van der Waals surface area contributed by atoms with Crippen LogP contribution >= 0.6 is 0 Å². The molecule has 4 heteroatoms. The topological polar surface area (TPSA) is 61.6 Å². The van der Waals surface area contributed by atoms with Gasteiger partial charge in [0.15, 0.2) is 0 Å². The van der Waals surface area contributed by atoms with Crippen molar-refractivity contribution >= 4 is 5.91 Å². The first-order chi connectivity index (χ1) is 6.16. The average molecular weight is 185 g/mol. The van der Waals surface area contributed by atoms with Gasteiger partial charge in [0.05, 0.1) is 13.2 Å². The van der Waals surface area contributed by atoms with Gasteiger partial charge < -0.3 is 15.2 Å². The maximum Gasteiger partial charge on any atom is 0.271 e. The maximum atomic E-state index is 9.47. The van der Waals surface area contributed by atoms with Crippen LogP contribution in [0, 0.1) is 0 Å². The summed E-state index contributed by atoms with van der Waals surface area (Å²) in [6.45, 7) is 8.14. The van der Waals surface area contributed by atoms with Gasteiger partial charge in [0.25, 0.3) is 5.95 Å². The number of nitrogens with two attached hydrogens (primary N) is 1. The molecule has 13 heavy (non-hydrogen) atoms. The predicted octanol–water partition coefficient (Wildman–Crippen LogP) is 0.942. The third kappa shape index (κ3) is 8.46. The molecule has 0 aromatic rings. The zero-order valence-corrected chi connectivity index (χ0v) is 7.62. The molecular weight excluding hydrogens is 170 g/mol. The van der Waals surface area contributed by atoms with Crippen molar-refractivity contribution in [2.24, 2.45) is 5.73 Å². The van der Waals surface area contributed by atoms with E-state index in [0.29, 0.717) is 5.95 Å². The first-order valence-electron chi connectivity index (χ1n) is 4.03. The summed E-state index contributed by atoms with van der Waals surface area (Å²) in [7, 11) is 0. The van der Waals surface area contributed by atoms with Gasteiger partial charge in [0.2, 0.25) is 5.91 Å². The van der Waals surface area contributed by atoms with Gasteiger partial charge >= 0.3 is 0 Å². The van der Waals surface area contributed by atoms with Crippen molar-refractivity contribution in [3.8, 4) is 0 Å². The van der Waals surface area contributed by atoms with Crippen molar-refractivity contribution in [3.63, 3.8) is 0 Å². The molecule has 1 rings (SSSR count). The molecule has 0 atom stereocenters. The van der Waals surface area contributed by atoms with E-state index in [1.54, 1.807) is 0 Å². The number of primary amides is 1. The van der Waals surface area contributed by atoms with Gasteiger partial charge in [-0.3, -0.25) is 4.79 Å². The fourth-order valence-electron chi connectivity index (χ4n) is 0.618. The molecule has 1 amide bonds. The van der Waals surface area contributed by atoms with E-state index in [1.165, 1.54) is 0 Å². The van der Waals surface area contributed by atoms with Crippen molar-refractivity contribution in [2.75, 3.05) is 13.2 Å². The van der Waals surface area contributed by atoms with Gasteiger partial charge in [0.1, 0.15) is 0 Å². The summed E-state index contributed by atoms with van der Waals surface area (Å²) < 4.78 is 9.97. The highest BCUT2D eigenvalue weighted by molar-refractivity contribution is 5.84. The number of carbonyl (C=O) groups is 1. The molecule has 0 saturated carbocycles. The normalized spacial score (nSPS) is 15.2. The van der Waals surface area contributed by atoms with Gasteiger partial charge in [-0.1, -0.05) is 6.58 Å². The molecule has 1 heterocycles. The quantitative estimate of drug-likeness (QED) is 0.618. The van der Waals surface area contributed by atoms with Crippen molar-refractivity contribution in [1.29, 1.82) is 0 Å². The Morgan fingerprint density at radius 1 is 1.38 bits per heavy atom. The molecule has 0 radical (unpaired) electrons. The summed E-state index contributed by atoms with van der Waals surface area (Å²) in [6.07, 6.45) is 3.22. The molecule has 0 aliphatic carbocycles. The molecule has 0 spiro atoms. The van der Waals surface area contributed by atoms with E-state index in [-0.39, 0.29) is 0 Å². The Kier molecular flexibility index (Phi) is 6.41. The summed E-state index contributed by atoms with van der Waals surface area (Å²) in [4.78, 5) is 9.47. The largest absolute Gasteiger partial charge is 0.466 e. The fourth-order valence-corrected chi connectivity index (χ4v) is 0.618. The van der Waals surface area contributed by atoms with E-state index < -0.39 is 5.91 Å². The van der Waals surface area contributed by atoms with Crippen molar-refractivity contribution in [1.82, 2.24) is 0 Å². The lowest BCUT2D eigenvalue weighted by Crippen LogP contribution is -2.04. The third-order valence-electron chi connectivity index (χ3n) is 1.27. The Morgan fingerprint density at radius 2 is 1.77 bits per heavy atom. The molecule has 74 valence electrons. The zero-order chi connectivity index (χ0) is 10.1. The van der Waals surface area contributed by atoms with E-state index in [1.807, 2.05) is 0 Å². The predicted molar refractivity (Wildman–Crippen MR) is 49.7 cm³/mol. The first-order valence-corrected chi connectivity index (χ1v) is 4.03. The Balaban J connectivity index is 0.000000252. The number of rotatable bonds is 1. The molecule has 1 saturated heterocycles. The lowest BCUT2D eigenvalue weighted by atomic mass is 10.3. The lowest BCUT2D eigenvalue weighted by Gasteiger charge is -2.01. The van der Waals surface area contributed by atoms with E-state index in [4.69, 9.17) is 9.47 Å². The molecule has 0 aromatic carbocycles. The van der Waals surface area contributed by atoms with Crippen LogP contribution in [0.2, 0.25) is 0 Å². The van der Waals surface area contributed by atoms with E-state index >= 15 is 0 Å². The summed E-state index contributed by atoms with van der Waals surface area (Å²) in [5, 5.41) is 0. The molecule has 0 unspecified atom stereocenters. The van der Waals surface area contributed by atoms with Gasteiger partial charge in [-0.15, -0.1) is 0 Å². The second-order valence-corrected chi connectivity index (χ2v) is 2.38. The van der Waals surface area contributed by atoms with Crippen LogP contribution in [0.25, 0.3) is 0 Å². The van der Waals surface area contributed by atoms with Crippen molar-refractivity contribution in [3.05, 3.63) is 25.2 Å². The fraction of sp³-hybridized carbons (Fsp3) is 0.444. The average Bonchev–Trinajstić information content (AvgIpc) is 2.33. The SMILES string of the molecule is C=C1OCCCCO1.C=CC(N)=O. The summed E-state index contributed by atoms with van der Waals surface area (Å²) in [5.74, 6) is -0.00694. The van der Waals surface area contributed by atoms with Gasteiger partial charge in [0, 0.05) is 0 Å². The number of ether oxygens (including phenoxy) is 2. The minimum absolute atomic E-state index is 0.475. The number of hydrogen-bond acceptors (Lipinski definition) is 3. The molecule has 4 nitrogen and oxygen atoms in total. The van der Waals surface area contributed by atoms with Gasteiger partial charge in [-0.2, -0.15) is 0 Å². The molecule has 0 aromatic heterocycles. The minimum atomic E-state index is -0.481. The lowest BCUT2D eigenvalue weighted by molar-refractivity contribution is -0.113. The second-order valence-electron chi connectivity index (χ2n) is 2.38. The van der Waals surface area contributed by atoms with Crippen LogP contribution in [0.5, 0.6) is 0 Å². The molecule has 1 aliphatic rings. The van der Waals surface area contributed by atoms with E-state index in [0.717, 1.165) is 32.1 Å². The highest BCUT2D eigenvalue weighted by atomic mass is 16.7. The standard InChI is InChI=1S/C6H10O2.C3H5NO/c1-6-7-4-2-3-5-8-6;1-2-3(4)5/h1-5H2;2H,1H2,(H2,4,5). The Bertz CT molecular complexity index is 179. The number of hydrogen-bond donors (Lipinski definition) is 1. The third-order valence-corrected chi connectivity index (χ3v) is 1.27. The molecule has 1 aliphatic heterocycles. The van der Waals surface area contributed by atoms with E-state index in [9.17, 15) is 4.79 Å². The number of amides is 1. The Labute approximate surface area is 78.0 Å².